The number of nitrogens with zero attached hydrogens (tertiary/aromatic N) is 4. The Kier molecular flexibility index (Phi) is 5.90. The Balaban J connectivity index is 1.42. The summed E-state index contributed by atoms with van der Waals surface area (Å²) in [5.74, 6) is 1.85. The first kappa shape index (κ1) is 18.9. The largest absolute Gasteiger partial charge is 0.396 e. The number of aliphatic hydroxyl groups is 1. The molecule has 6 nitrogen and oxygen atoms in total. The van der Waals surface area contributed by atoms with Crippen molar-refractivity contribution in [3.05, 3.63) is 42.5 Å². The predicted molar refractivity (Wildman–Crippen MR) is 109 cm³/mol. The molecule has 2 fully saturated rings. The van der Waals surface area contributed by atoms with Crippen LogP contribution in [0.5, 0.6) is 0 Å². The molecule has 4 rings (SSSR count). The summed E-state index contributed by atoms with van der Waals surface area (Å²) in [5.41, 5.74) is 0.667. The fraction of sp³-hybridized carbons (Fsp3) is 0.524. The molecule has 7 heteroatoms. The van der Waals surface area contributed by atoms with Crippen LogP contribution in [0.4, 0.5) is 21.7 Å². The number of anilines is 3. The summed E-state index contributed by atoms with van der Waals surface area (Å²) in [6.07, 6.45) is 5.77. The molecule has 2 aromatic rings. The van der Waals surface area contributed by atoms with Gasteiger partial charge in [0.1, 0.15) is 23.8 Å². The molecule has 2 aliphatic heterocycles. The van der Waals surface area contributed by atoms with Gasteiger partial charge in [-0.1, -0.05) is 12.1 Å². The summed E-state index contributed by atoms with van der Waals surface area (Å²) in [4.78, 5) is 13.2. The number of hydrogen-bond donors (Lipinski definition) is 2. The first-order chi connectivity index (χ1) is 13.7. The second-order valence-electron chi connectivity index (χ2n) is 7.78. The Labute approximate surface area is 165 Å². The van der Waals surface area contributed by atoms with E-state index in [1.165, 1.54) is 6.07 Å². The summed E-state index contributed by atoms with van der Waals surface area (Å²) in [6.45, 7) is 3.62. The minimum absolute atomic E-state index is 0.170. The molecule has 150 valence electrons. The Hall–Kier alpha value is -2.41. The van der Waals surface area contributed by atoms with Crippen molar-refractivity contribution in [2.45, 2.75) is 31.7 Å². The van der Waals surface area contributed by atoms with Crippen molar-refractivity contribution in [3.8, 4) is 0 Å². The summed E-state index contributed by atoms with van der Waals surface area (Å²) < 4.78 is 14.1. The van der Waals surface area contributed by atoms with E-state index in [9.17, 15) is 9.50 Å². The molecular formula is C21H28FN5O. The second-order valence-corrected chi connectivity index (χ2v) is 7.78. The SMILES string of the molecule is OCC1CCCN(c2cc(NC3CCCN(c4ccccc4F)C3)ncn2)C1. The van der Waals surface area contributed by atoms with E-state index < -0.39 is 0 Å². The van der Waals surface area contributed by atoms with Crippen molar-refractivity contribution in [1.29, 1.82) is 0 Å². The normalized spacial score (nSPS) is 22.9. The van der Waals surface area contributed by atoms with Crippen LogP contribution >= 0.6 is 0 Å². The van der Waals surface area contributed by atoms with Gasteiger partial charge in [-0.25, -0.2) is 14.4 Å². The number of rotatable bonds is 5. The molecule has 0 radical (unpaired) electrons. The van der Waals surface area contributed by atoms with Gasteiger partial charge in [-0.3, -0.25) is 0 Å². The minimum Gasteiger partial charge on any atom is -0.396 e. The van der Waals surface area contributed by atoms with Crippen molar-refractivity contribution in [2.24, 2.45) is 5.92 Å². The summed E-state index contributed by atoms with van der Waals surface area (Å²) in [6, 6.07) is 9.16. The average Bonchev–Trinajstić information content (AvgIpc) is 2.74. The van der Waals surface area contributed by atoms with Crippen LogP contribution < -0.4 is 15.1 Å². The van der Waals surface area contributed by atoms with Gasteiger partial charge in [0, 0.05) is 44.9 Å². The van der Waals surface area contributed by atoms with Crippen molar-refractivity contribution < 1.29 is 9.50 Å². The van der Waals surface area contributed by atoms with E-state index in [0.717, 1.165) is 63.5 Å². The number of hydrogen-bond acceptors (Lipinski definition) is 6. The lowest BCUT2D eigenvalue weighted by molar-refractivity contribution is 0.208. The van der Waals surface area contributed by atoms with Crippen LogP contribution in [-0.2, 0) is 0 Å². The smallest absolute Gasteiger partial charge is 0.146 e. The van der Waals surface area contributed by atoms with Gasteiger partial charge in [-0.15, -0.1) is 0 Å². The first-order valence-corrected chi connectivity index (χ1v) is 10.2. The molecule has 1 aromatic carbocycles. The quantitative estimate of drug-likeness (QED) is 0.825. The highest BCUT2D eigenvalue weighted by Crippen LogP contribution is 2.26. The van der Waals surface area contributed by atoms with E-state index in [1.54, 1.807) is 12.4 Å². The number of piperidine rings is 2. The topological polar surface area (TPSA) is 64.5 Å². The summed E-state index contributed by atoms with van der Waals surface area (Å²) >= 11 is 0. The molecule has 2 N–H and O–H groups in total. The van der Waals surface area contributed by atoms with Gasteiger partial charge in [-0.05, 0) is 43.7 Å². The number of nitrogens with one attached hydrogen (secondary N) is 1. The highest BCUT2D eigenvalue weighted by Gasteiger charge is 2.23. The van der Waals surface area contributed by atoms with Crippen LogP contribution in [0, 0.1) is 11.7 Å². The molecule has 0 bridgehead atoms. The Morgan fingerprint density at radius 1 is 1.07 bits per heavy atom. The Bertz CT molecular complexity index is 789. The van der Waals surface area contributed by atoms with Crippen LogP contribution in [0.3, 0.4) is 0 Å². The highest BCUT2D eigenvalue weighted by molar-refractivity contribution is 5.51. The van der Waals surface area contributed by atoms with E-state index in [4.69, 9.17) is 0 Å². The molecule has 0 amide bonds. The van der Waals surface area contributed by atoms with Crippen LogP contribution in [0.1, 0.15) is 25.7 Å². The minimum atomic E-state index is -0.170. The third-order valence-electron chi connectivity index (χ3n) is 5.72. The number of aliphatic hydroxyl groups excluding tert-OH is 1. The molecule has 2 saturated heterocycles. The van der Waals surface area contributed by atoms with Gasteiger partial charge in [0.05, 0.1) is 5.69 Å². The van der Waals surface area contributed by atoms with Crippen LogP contribution in [0.25, 0.3) is 0 Å². The number of para-hydroxylation sites is 1. The van der Waals surface area contributed by atoms with Crippen molar-refractivity contribution >= 4 is 17.3 Å². The third kappa shape index (κ3) is 4.35. The van der Waals surface area contributed by atoms with Crippen molar-refractivity contribution in [1.82, 2.24) is 9.97 Å². The van der Waals surface area contributed by atoms with Crippen LogP contribution in [-0.4, -0.2) is 53.9 Å². The molecular weight excluding hydrogens is 357 g/mol. The Morgan fingerprint density at radius 3 is 2.75 bits per heavy atom. The number of aromatic nitrogens is 2. The average molecular weight is 385 g/mol. The fourth-order valence-corrected chi connectivity index (χ4v) is 4.25. The van der Waals surface area contributed by atoms with Crippen molar-refractivity contribution in [3.63, 3.8) is 0 Å². The standard InChI is InChI=1S/C21H28FN5O/c22-18-7-1-2-8-19(18)26-9-4-6-17(13-26)25-20-11-21(24-15-23-20)27-10-3-5-16(12-27)14-28/h1-2,7-8,11,15-17,28H,3-6,9-10,12-14H2,(H,23,24,25). The molecule has 2 unspecified atom stereocenters. The second kappa shape index (κ2) is 8.73. The maximum Gasteiger partial charge on any atom is 0.146 e. The lowest BCUT2D eigenvalue weighted by Crippen LogP contribution is -2.42. The van der Waals surface area contributed by atoms with Gasteiger partial charge in [-0.2, -0.15) is 0 Å². The maximum atomic E-state index is 14.1. The van der Waals surface area contributed by atoms with E-state index >= 15 is 0 Å². The van der Waals surface area contributed by atoms with Gasteiger partial charge in [0.15, 0.2) is 0 Å². The first-order valence-electron chi connectivity index (χ1n) is 10.2. The van der Waals surface area contributed by atoms with Crippen molar-refractivity contribution in [2.75, 3.05) is 47.9 Å². The van der Waals surface area contributed by atoms with Gasteiger partial charge < -0.3 is 20.2 Å². The number of halogens is 1. The molecule has 0 aliphatic carbocycles. The van der Waals surface area contributed by atoms with E-state index in [2.05, 4.69) is 25.1 Å². The molecule has 2 aliphatic rings. The zero-order chi connectivity index (χ0) is 19.3. The van der Waals surface area contributed by atoms with Crippen LogP contribution in [0.2, 0.25) is 0 Å². The van der Waals surface area contributed by atoms with Gasteiger partial charge in [0.25, 0.3) is 0 Å². The number of benzene rings is 1. The zero-order valence-electron chi connectivity index (χ0n) is 16.1. The molecule has 0 saturated carbocycles. The molecule has 0 spiro atoms. The lowest BCUT2D eigenvalue weighted by Gasteiger charge is -2.35. The molecule has 3 heterocycles. The Morgan fingerprint density at radius 2 is 1.89 bits per heavy atom. The zero-order valence-corrected chi connectivity index (χ0v) is 16.1. The molecule has 28 heavy (non-hydrogen) atoms. The van der Waals surface area contributed by atoms with Gasteiger partial charge >= 0.3 is 0 Å². The molecule has 1 aromatic heterocycles. The predicted octanol–water partition coefficient (Wildman–Crippen LogP) is 2.91. The fourth-order valence-electron chi connectivity index (χ4n) is 4.25. The monoisotopic (exact) mass is 385 g/mol. The van der Waals surface area contributed by atoms with Crippen LogP contribution in [0.15, 0.2) is 36.7 Å². The van der Waals surface area contributed by atoms with E-state index in [-0.39, 0.29) is 18.5 Å². The highest BCUT2D eigenvalue weighted by atomic mass is 19.1. The summed E-state index contributed by atoms with van der Waals surface area (Å²) in [7, 11) is 0. The van der Waals surface area contributed by atoms with Gasteiger partial charge in [0.2, 0.25) is 0 Å². The lowest BCUT2D eigenvalue weighted by atomic mass is 9.99. The van der Waals surface area contributed by atoms with E-state index in [1.807, 2.05) is 18.2 Å². The van der Waals surface area contributed by atoms with E-state index in [0.29, 0.717) is 11.6 Å². The third-order valence-corrected chi connectivity index (χ3v) is 5.72. The maximum absolute atomic E-state index is 14.1. The molecule has 2 atom stereocenters. The summed E-state index contributed by atoms with van der Waals surface area (Å²) in [5, 5.41) is 13.0.